The summed E-state index contributed by atoms with van der Waals surface area (Å²) in [4.78, 5) is 34.3. The van der Waals surface area contributed by atoms with Crippen molar-refractivity contribution in [1.29, 1.82) is 0 Å². The van der Waals surface area contributed by atoms with Crippen LogP contribution in [0.25, 0.3) is 0 Å². The summed E-state index contributed by atoms with van der Waals surface area (Å²) in [5.41, 5.74) is 3.64. The Morgan fingerprint density at radius 3 is 2.52 bits per heavy atom. The Labute approximate surface area is 201 Å². The highest BCUT2D eigenvalue weighted by Crippen LogP contribution is 2.47. The highest BCUT2D eigenvalue weighted by Gasteiger charge is 2.42. The van der Waals surface area contributed by atoms with Crippen molar-refractivity contribution < 1.29 is 4.79 Å². The zero-order chi connectivity index (χ0) is 23.2. The molecule has 0 bridgehead atoms. The number of anilines is 1. The molecule has 0 radical (unpaired) electrons. The van der Waals surface area contributed by atoms with Crippen molar-refractivity contribution in [3.63, 3.8) is 0 Å². The summed E-state index contributed by atoms with van der Waals surface area (Å²) >= 11 is 7.60. The Balaban J connectivity index is 1.59. The molecule has 2 heterocycles. The number of fused-ring (bicyclic) bond motifs is 1. The van der Waals surface area contributed by atoms with Crippen LogP contribution in [0.2, 0.25) is 5.02 Å². The smallest absolute Gasteiger partial charge is 0.257 e. The molecule has 3 aromatic rings. The van der Waals surface area contributed by atoms with Gasteiger partial charge in [0.25, 0.3) is 5.56 Å². The van der Waals surface area contributed by atoms with Gasteiger partial charge < -0.3 is 10.3 Å². The van der Waals surface area contributed by atoms with Gasteiger partial charge in [0.2, 0.25) is 0 Å². The Kier molecular flexibility index (Phi) is 5.67. The SMILES string of the molecule is CC1(C)CC(=O)C2=C(C1)Nc1nc(SCc3ccccc3)[nH]c(=O)c1[C@H]2c1ccc(Cl)cc1. The summed E-state index contributed by atoms with van der Waals surface area (Å²) in [6.45, 7) is 4.19. The third kappa shape index (κ3) is 4.37. The number of allylic oxidation sites excluding steroid dienone is 2. The van der Waals surface area contributed by atoms with Gasteiger partial charge in [0.15, 0.2) is 10.9 Å². The highest BCUT2D eigenvalue weighted by molar-refractivity contribution is 7.98. The summed E-state index contributed by atoms with van der Waals surface area (Å²) in [7, 11) is 0. The van der Waals surface area contributed by atoms with Crippen molar-refractivity contribution in [2.75, 3.05) is 5.32 Å². The largest absolute Gasteiger partial charge is 0.343 e. The molecule has 33 heavy (non-hydrogen) atoms. The molecule has 168 valence electrons. The minimum atomic E-state index is -0.471. The maximum absolute atomic E-state index is 13.3. The minimum absolute atomic E-state index is 0.0706. The maximum Gasteiger partial charge on any atom is 0.257 e. The summed E-state index contributed by atoms with van der Waals surface area (Å²) in [5, 5.41) is 4.52. The van der Waals surface area contributed by atoms with E-state index in [0.29, 0.717) is 39.3 Å². The van der Waals surface area contributed by atoms with Crippen LogP contribution in [0.4, 0.5) is 5.82 Å². The molecular weight excluding hydrogens is 454 g/mol. The number of nitrogens with zero attached hydrogens (tertiary/aromatic N) is 1. The quantitative estimate of drug-likeness (QED) is 0.360. The van der Waals surface area contributed by atoms with Crippen LogP contribution in [0.15, 0.2) is 75.8 Å². The number of aromatic nitrogens is 2. The number of carbonyl (C=O) groups excluding carboxylic acids is 1. The number of ketones is 1. The van der Waals surface area contributed by atoms with E-state index in [0.717, 1.165) is 23.2 Å². The first-order valence-electron chi connectivity index (χ1n) is 10.9. The van der Waals surface area contributed by atoms with E-state index in [2.05, 4.69) is 24.1 Å². The van der Waals surface area contributed by atoms with Crippen molar-refractivity contribution in [2.45, 2.75) is 43.5 Å². The molecule has 2 aromatic carbocycles. The first kappa shape index (κ1) is 22.0. The average molecular weight is 478 g/mol. The number of thioether (sulfide) groups is 1. The molecule has 1 aliphatic heterocycles. The second-order valence-corrected chi connectivity index (χ2v) is 10.8. The molecule has 1 atom stereocenters. The lowest BCUT2D eigenvalue weighted by atomic mass is 9.69. The number of Topliss-reactive ketones (excluding diaryl/α,β-unsaturated/α-hetero) is 1. The van der Waals surface area contributed by atoms with Crippen molar-refractivity contribution in [1.82, 2.24) is 9.97 Å². The van der Waals surface area contributed by atoms with Crippen molar-refractivity contribution in [3.8, 4) is 0 Å². The normalized spacial score (nSPS) is 19.0. The molecule has 7 heteroatoms. The summed E-state index contributed by atoms with van der Waals surface area (Å²) in [6.07, 6.45) is 1.17. The number of carbonyl (C=O) groups is 1. The third-order valence-electron chi connectivity index (χ3n) is 6.12. The van der Waals surface area contributed by atoms with Crippen LogP contribution >= 0.6 is 23.4 Å². The van der Waals surface area contributed by atoms with Crippen LogP contribution in [0, 0.1) is 5.41 Å². The number of H-pyrrole nitrogens is 1. The van der Waals surface area contributed by atoms with Gasteiger partial charge in [0.05, 0.1) is 5.56 Å². The van der Waals surface area contributed by atoms with Gasteiger partial charge in [-0.2, -0.15) is 0 Å². The molecule has 2 N–H and O–H groups in total. The molecule has 2 aliphatic rings. The van der Waals surface area contributed by atoms with Gasteiger partial charge >= 0.3 is 0 Å². The molecule has 0 saturated carbocycles. The predicted octanol–water partition coefficient (Wildman–Crippen LogP) is 5.92. The number of hydrogen-bond acceptors (Lipinski definition) is 5. The monoisotopic (exact) mass is 477 g/mol. The van der Waals surface area contributed by atoms with Gasteiger partial charge in [-0.3, -0.25) is 9.59 Å². The molecule has 5 nitrogen and oxygen atoms in total. The van der Waals surface area contributed by atoms with Crippen LogP contribution < -0.4 is 10.9 Å². The van der Waals surface area contributed by atoms with E-state index in [1.54, 1.807) is 12.1 Å². The van der Waals surface area contributed by atoms with Crippen molar-refractivity contribution in [3.05, 3.63) is 97.9 Å². The van der Waals surface area contributed by atoms with Gasteiger partial charge in [-0.05, 0) is 35.1 Å². The first-order valence-corrected chi connectivity index (χ1v) is 12.3. The zero-order valence-corrected chi connectivity index (χ0v) is 20.0. The zero-order valence-electron chi connectivity index (χ0n) is 18.4. The van der Waals surface area contributed by atoms with E-state index in [1.807, 2.05) is 42.5 Å². The van der Waals surface area contributed by atoms with Crippen LogP contribution in [0.3, 0.4) is 0 Å². The Hall–Kier alpha value is -2.83. The van der Waals surface area contributed by atoms with E-state index in [1.165, 1.54) is 11.8 Å². The topological polar surface area (TPSA) is 74.8 Å². The lowest BCUT2D eigenvalue weighted by molar-refractivity contribution is -0.118. The van der Waals surface area contributed by atoms with E-state index in [-0.39, 0.29) is 16.8 Å². The molecule has 0 saturated heterocycles. The molecule has 5 rings (SSSR count). The molecule has 0 spiro atoms. The average Bonchev–Trinajstić information content (AvgIpc) is 2.77. The molecule has 0 fully saturated rings. The fourth-order valence-corrected chi connectivity index (χ4v) is 5.62. The van der Waals surface area contributed by atoms with Crippen molar-refractivity contribution in [2.24, 2.45) is 5.41 Å². The van der Waals surface area contributed by atoms with Crippen molar-refractivity contribution >= 4 is 35.0 Å². The third-order valence-corrected chi connectivity index (χ3v) is 7.32. The van der Waals surface area contributed by atoms with Gasteiger partial charge in [-0.15, -0.1) is 0 Å². The standard InChI is InChI=1S/C26H24ClN3O2S/c1-26(2)12-18-21(19(31)13-26)20(16-8-10-17(27)11-9-16)22-23(28-18)29-25(30-24(22)32)33-14-15-6-4-3-5-7-15/h3-11,20H,12-14H2,1-2H3,(H2,28,29,30,32)/t20-/m0/s1. The lowest BCUT2D eigenvalue weighted by Gasteiger charge is -2.38. The van der Waals surface area contributed by atoms with E-state index >= 15 is 0 Å². The fraction of sp³-hybridized carbons (Fsp3) is 0.269. The van der Waals surface area contributed by atoms with E-state index in [4.69, 9.17) is 16.6 Å². The van der Waals surface area contributed by atoms with Gasteiger partial charge in [0.1, 0.15) is 5.82 Å². The first-order chi connectivity index (χ1) is 15.8. The van der Waals surface area contributed by atoms with Gasteiger partial charge in [-0.25, -0.2) is 4.98 Å². The second kappa shape index (κ2) is 8.50. The predicted molar refractivity (Wildman–Crippen MR) is 133 cm³/mol. The molecule has 1 aliphatic carbocycles. The number of benzene rings is 2. The summed E-state index contributed by atoms with van der Waals surface area (Å²) in [6, 6.07) is 17.4. The van der Waals surface area contributed by atoms with E-state index in [9.17, 15) is 9.59 Å². The Bertz CT molecular complexity index is 1310. The van der Waals surface area contributed by atoms with Crippen LogP contribution in [-0.4, -0.2) is 15.8 Å². The number of aromatic amines is 1. The Morgan fingerprint density at radius 1 is 1.06 bits per heavy atom. The molecule has 0 amide bonds. The number of rotatable bonds is 4. The van der Waals surface area contributed by atoms with Gasteiger partial charge in [0, 0.05) is 34.4 Å². The maximum atomic E-state index is 13.3. The van der Waals surface area contributed by atoms with Crippen LogP contribution in [0.1, 0.15) is 49.3 Å². The summed E-state index contributed by atoms with van der Waals surface area (Å²) in [5.74, 6) is 0.823. The van der Waals surface area contributed by atoms with Gasteiger partial charge in [-0.1, -0.05) is 79.7 Å². The fourth-order valence-electron chi connectivity index (χ4n) is 4.68. The number of nitrogens with one attached hydrogen (secondary N) is 2. The second-order valence-electron chi connectivity index (χ2n) is 9.35. The minimum Gasteiger partial charge on any atom is -0.343 e. The lowest BCUT2D eigenvalue weighted by Crippen LogP contribution is -2.37. The Morgan fingerprint density at radius 2 is 1.79 bits per heavy atom. The van der Waals surface area contributed by atoms with Crippen LogP contribution in [0.5, 0.6) is 0 Å². The van der Waals surface area contributed by atoms with E-state index < -0.39 is 5.92 Å². The number of hydrogen-bond donors (Lipinski definition) is 2. The molecule has 1 aromatic heterocycles. The number of halogens is 1. The molecular formula is C26H24ClN3O2S. The molecule has 0 unspecified atom stereocenters. The van der Waals surface area contributed by atoms with Crippen LogP contribution in [-0.2, 0) is 10.5 Å². The highest BCUT2D eigenvalue weighted by atomic mass is 35.5. The summed E-state index contributed by atoms with van der Waals surface area (Å²) < 4.78 is 0.